The van der Waals surface area contributed by atoms with Gasteiger partial charge >= 0.3 is 0 Å². The van der Waals surface area contributed by atoms with Gasteiger partial charge in [-0.2, -0.15) is 17.9 Å². The van der Waals surface area contributed by atoms with Crippen LogP contribution in [0.2, 0.25) is 0 Å². The van der Waals surface area contributed by atoms with E-state index in [0.717, 1.165) is 0 Å². The van der Waals surface area contributed by atoms with Crippen molar-refractivity contribution < 1.29 is 13.2 Å². The molecule has 1 unspecified atom stereocenters. The maximum atomic E-state index is 11.3. The van der Waals surface area contributed by atoms with Crippen LogP contribution in [-0.2, 0) is 14.9 Å². The molecule has 90 valence electrons. The van der Waals surface area contributed by atoms with Gasteiger partial charge in [-0.1, -0.05) is 12.2 Å². The van der Waals surface area contributed by atoms with Crippen LogP contribution in [0.1, 0.15) is 13.3 Å². The zero-order chi connectivity index (χ0) is 11.9. The summed E-state index contributed by atoms with van der Waals surface area (Å²) in [6.07, 6.45) is 0.334. The maximum absolute atomic E-state index is 11.3. The molecule has 0 radical (unpaired) electrons. The fourth-order valence-electron chi connectivity index (χ4n) is 0.928. The minimum Gasteiger partial charge on any atom is -0.393 e. The van der Waals surface area contributed by atoms with E-state index in [-0.39, 0.29) is 17.6 Å². The van der Waals surface area contributed by atoms with E-state index in [4.69, 9.17) is 10.5 Å². The molecule has 1 atom stereocenters. The fourth-order valence-corrected chi connectivity index (χ4v) is 2.23. The first kappa shape index (κ1) is 14.7. The van der Waals surface area contributed by atoms with Gasteiger partial charge in [0.2, 0.25) is 0 Å². The van der Waals surface area contributed by atoms with Gasteiger partial charge in [0.1, 0.15) is 0 Å². The molecule has 0 bridgehead atoms. The molecule has 0 aromatic rings. The van der Waals surface area contributed by atoms with Crippen molar-refractivity contribution >= 4 is 27.4 Å². The van der Waals surface area contributed by atoms with Crippen molar-refractivity contribution in [2.45, 2.75) is 19.4 Å². The highest BCUT2D eigenvalue weighted by molar-refractivity contribution is 7.87. The highest BCUT2D eigenvalue weighted by Crippen LogP contribution is 1.92. The van der Waals surface area contributed by atoms with Crippen LogP contribution in [-0.4, -0.2) is 39.7 Å². The monoisotopic (exact) mass is 255 g/mol. The number of rotatable bonds is 8. The van der Waals surface area contributed by atoms with Crippen LogP contribution in [0.15, 0.2) is 0 Å². The third-order valence-corrected chi connectivity index (χ3v) is 2.93. The topological polar surface area (TPSA) is 93.4 Å². The van der Waals surface area contributed by atoms with Gasteiger partial charge in [0.15, 0.2) is 0 Å². The summed E-state index contributed by atoms with van der Waals surface area (Å²) in [6.45, 7) is 2.24. The first-order valence-corrected chi connectivity index (χ1v) is 6.30. The third-order valence-electron chi connectivity index (χ3n) is 1.46. The van der Waals surface area contributed by atoms with Gasteiger partial charge in [-0.15, -0.1) is 0 Å². The lowest BCUT2D eigenvalue weighted by Gasteiger charge is -2.13. The number of methoxy groups -OCH3 is 1. The average Bonchev–Trinajstić information content (AvgIpc) is 2.00. The predicted molar refractivity (Wildman–Crippen MR) is 62.8 cm³/mol. The first-order valence-electron chi connectivity index (χ1n) is 4.41. The van der Waals surface area contributed by atoms with Crippen molar-refractivity contribution in [1.29, 1.82) is 0 Å². The van der Waals surface area contributed by atoms with Gasteiger partial charge in [-0.05, 0) is 6.92 Å². The lowest BCUT2D eigenvalue weighted by Crippen LogP contribution is -2.43. The quantitative estimate of drug-likeness (QED) is 0.387. The third kappa shape index (κ3) is 8.70. The number of nitrogens with two attached hydrogens (primary N) is 1. The number of hydrogen-bond acceptors (Lipinski definition) is 4. The molecule has 8 heteroatoms. The smallest absolute Gasteiger partial charge is 0.277 e. The summed E-state index contributed by atoms with van der Waals surface area (Å²) < 4.78 is 32.1. The van der Waals surface area contributed by atoms with Gasteiger partial charge in [0, 0.05) is 26.1 Å². The molecule has 0 heterocycles. The van der Waals surface area contributed by atoms with Crippen molar-refractivity contribution in [2.75, 3.05) is 20.3 Å². The van der Waals surface area contributed by atoms with E-state index in [2.05, 4.69) is 21.7 Å². The standard InChI is InChI=1S/C7H17N3O3S2/c1-6(5-7(8)14)10-15(11,12)9-3-4-13-2/h6,9-10H,3-5H2,1-2H3,(H2,8,14). The van der Waals surface area contributed by atoms with Crippen LogP contribution in [0, 0.1) is 0 Å². The fraction of sp³-hybridized carbons (Fsp3) is 0.857. The van der Waals surface area contributed by atoms with Crippen LogP contribution >= 0.6 is 12.2 Å². The lowest BCUT2D eigenvalue weighted by atomic mass is 10.3. The van der Waals surface area contributed by atoms with Gasteiger partial charge in [0.25, 0.3) is 10.2 Å². The largest absolute Gasteiger partial charge is 0.393 e. The summed E-state index contributed by atoms with van der Waals surface area (Å²) >= 11 is 4.67. The molecule has 0 rings (SSSR count). The molecule has 0 aliphatic carbocycles. The number of ether oxygens (including phenoxy) is 1. The summed E-state index contributed by atoms with van der Waals surface area (Å²) in [5.74, 6) is 0. The number of thiocarbonyl (C=S) groups is 1. The van der Waals surface area contributed by atoms with E-state index in [1.165, 1.54) is 7.11 Å². The summed E-state index contributed by atoms with van der Waals surface area (Å²) in [5, 5.41) is 0. The predicted octanol–water partition coefficient (Wildman–Crippen LogP) is -0.878. The SMILES string of the molecule is COCCNS(=O)(=O)NC(C)CC(N)=S. The Morgan fingerprint density at radius 1 is 1.60 bits per heavy atom. The lowest BCUT2D eigenvalue weighted by molar-refractivity contribution is 0.204. The van der Waals surface area contributed by atoms with Crippen molar-refractivity contribution in [3.8, 4) is 0 Å². The minimum absolute atomic E-state index is 0.228. The van der Waals surface area contributed by atoms with Crippen LogP contribution in [0.25, 0.3) is 0 Å². The summed E-state index contributed by atoms with van der Waals surface area (Å²) in [6, 6.07) is -0.317. The average molecular weight is 255 g/mol. The zero-order valence-electron chi connectivity index (χ0n) is 8.82. The van der Waals surface area contributed by atoms with Gasteiger partial charge < -0.3 is 10.5 Å². The van der Waals surface area contributed by atoms with Crippen LogP contribution in [0.5, 0.6) is 0 Å². The van der Waals surface area contributed by atoms with Crippen LogP contribution < -0.4 is 15.2 Å². The molecule has 0 aliphatic heterocycles. The van der Waals surface area contributed by atoms with E-state index in [1.807, 2.05) is 0 Å². The number of hydrogen-bond donors (Lipinski definition) is 3. The minimum atomic E-state index is -3.49. The Bertz CT molecular complexity index is 292. The highest BCUT2D eigenvalue weighted by Gasteiger charge is 2.13. The summed E-state index contributed by atoms with van der Waals surface area (Å²) in [5.41, 5.74) is 5.29. The van der Waals surface area contributed by atoms with Crippen LogP contribution in [0.4, 0.5) is 0 Å². The molecule has 0 aliphatic rings. The highest BCUT2D eigenvalue weighted by atomic mass is 32.2. The van der Waals surface area contributed by atoms with Crippen molar-refractivity contribution in [1.82, 2.24) is 9.44 Å². The molecule has 0 aromatic heterocycles. The second kappa shape index (κ2) is 7.07. The first-order chi connectivity index (χ1) is 6.87. The molecule has 0 amide bonds. The van der Waals surface area contributed by atoms with Gasteiger partial charge in [0.05, 0.1) is 11.6 Å². The van der Waals surface area contributed by atoms with E-state index in [1.54, 1.807) is 6.92 Å². The number of nitrogens with one attached hydrogen (secondary N) is 2. The summed E-state index contributed by atoms with van der Waals surface area (Å²) in [7, 11) is -2.00. The molecular weight excluding hydrogens is 238 g/mol. The molecule has 0 saturated carbocycles. The van der Waals surface area contributed by atoms with Gasteiger partial charge in [-0.3, -0.25) is 0 Å². The van der Waals surface area contributed by atoms with Crippen molar-refractivity contribution in [3.63, 3.8) is 0 Å². The Morgan fingerprint density at radius 3 is 2.67 bits per heavy atom. The molecule has 0 aromatic carbocycles. The molecule has 0 spiro atoms. The van der Waals surface area contributed by atoms with E-state index in [9.17, 15) is 8.42 Å². The van der Waals surface area contributed by atoms with Crippen molar-refractivity contribution in [2.24, 2.45) is 5.73 Å². The molecule has 4 N–H and O–H groups in total. The second-order valence-corrected chi connectivity index (χ2v) is 5.14. The summed E-state index contributed by atoms with van der Waals surface area (Å²) in [4.78, 5) is 0.280. The van der Waals surface area contributed by atoms with Crippen LogP contribution in [0.3, 0.4) is 0 Å². The second-order valence-electron chi connectivity index (χ2n) is 3.08. The normalized spacial score (nSPS) is 13.7. The Balaban J connectivity index is 3.97. The van der Waals surface area contributed by atoms with Gasteiger partial charge in [-0.25, -0.2) is 0 Å². The van der Waals surface area contributed by atoms with Crippen molar-refractivity contribution in [3.05, 3.63) is 0 Å². The van der Waals surface area contributed by atoms with E-state index in [0.29, 0.717) is 13.0 Å². The molecule has 6 nitrogen and oxygen atoms in total. The Hall–Kier alpha value is -0.280. The molecular formula is C7H17N3O3S2. The molecule has 0 saturated heterocycles. The van der Waals surface area contributed by atoms with E-state index < -0.39 is 10.2 Å². The Morgan fingerprint density at radius 2 is 2.20 bits per heavy atom. The molecule has 0 fully saturated rings. The Kier molecular flexibility index (Phi) is 6.94. The Labute approximate surface area is 95.7 Å². The maximum Gasteiger partial charge on any atom is 0.277 e. The molecule has 15 heavy (non-hydrogen) atoms. The zero-order valence-corrected chi connectivity index (χ0v) is 10.5. The van der Waals surface area contributed by atoms with E-state index >= 15 is 0 Å².